The molecule has 0 unspecified atom stereocenters. The second-order valence-corrected chi connectivity index (χ2v) is 5.22. The summed E-state index contributed by atoms with van der Waals surface area (Å²) in [5, 5.41) is 3.19. The summed E-state index contributed by atoms with van der Waals surface area (Å²) >= 11 is 7.71. The zero-order valence-corrected chi connectivity index (χ0v) is 13.0. The molecule has 0 radical (unpaired) electrons. The van der Waals surface area contributed by atoms with Crippen molar-refractivity contribution in [3.63, 3.8) is 0 Å². The van der Waals surface area contributed by atoms with E-state index in [2.05, 4.69) is 43.8 Å². The Morgan fingerprint density at radius 1 is 1.32 bits per heavy atom. The summed E-state index contributed by atoms with van der Waals surface area (Å²) in [6.07, 6.45) is 1.56. The van der Waals surface area contributed by atoms with E-state index in [0.717, 1.165) is 34.1 Å². The standard InChI is InChI=1S/C13H15BrN4S/c1-18(11-5-3-2-4-10(11)14)13-8-12(15-6-7-19)16-9-17-13/h2-5,8-9,19H,6-7H2,1H3,(H,15,16,17). The highest BCUT2D eigenvalue weighted by Crippen LogP contribution is 2.29. The van der Waals surface area contributed by atoms with Gasteiger partial charge >= 0.3 is 0 Å². The zero-order valence-electron chi connectivity index (χ0n) is 10.5. The summed E-state index contributed by atoms with van der Waals surface area (Å²) in [7, 11) is 1.98. The van der Waals surface area contributed by atoms with Gasteiger partial charge in [0.2, 0.25) is 0 Å². The summed E-state index contributed by atoms with van der Waals surface area (Å²) in [6, 6.07) is 9.95. The van der Waals surface area contributed by atoms with E-state index >= 15 is 0 Å². The monoisotopic (exact) mass is 338 g/mol. The largest absolute Gasteiger partial charge is 0.369 e. The minimum absolute atomic E-state index is 0.763. The van der Waals surface area contributed by atoms with Crippen LogP contribution in [0, 0.1) is 0 Å². The van der Waals surface area contributed by atoms with Crippen molar-refractivity contribution in [1.82, 2.24) is 9.97 Å². The Labute approximate surface area is 126 Å². The van der Waals surface area contributed by atoms with Crippen molar-refractivity contribution in [2.75, 3.05) is 29.6 Å². The van der Waals surface area contributed by atoms with Crippen LogP contribution >= 0.6 is 28.6 Å². The van der Waals surface area contributed by atoms with Crippen LogP contribution in [0.4, 0.5) is 17.3 Å². The fraction of sp³-hybridized carbons (Fsp3) is 0.231. The van der Waals surface area contributed by atoms with Gasteiger partial charge in [0.15, 0.2) is 0 Å². The molecule has 19 heavy (non-hydrogen) atoms. The molecule has 0 atom stereocenters. The number of nitrogens with zero attached hydrogens (tertiary/aromatic N) is 3. The highest BCUT2D eigenvalue weighted by atomic mass is 79.9. The summed E-state index contributed by atoms with van der Waals surface area (Å²) in [6.45, 7) is 0.776. The number of halogens is 1. The normalized spacial score (nSPS) is 10.3. The number of benzene rings is 1. The van der Waals surface area contributed by atoms with Gasteiger partial charge in [-0.1, -0.05) is 12.1 Å². The molecule has 0 aliphatic carbocycles. The molecule has 0 saturated heterocycles. The predicted molar refractivity (Wildman–Crippen MR) is 86.6 cm³/mol. The third kappa shape index (κ3) is 3.61. The molecule has 1 aromatic heterocycles. The highest BCUT2D eigenvalue weighted by molar-refractivity contribution is 9.10. The summed E-state index contributed by atoms with van der Waals surface area (Å²) in [5.74, 6) is 2.40. The van der Waals surface area contributed by atoms with Crippen LogP contribution < -0.4 is 10.2 Å². The number of thiol groups is 1. The summed E-state index contributed by atoms with van der Waals surface area (Å²) in [5.41, 5.74) is 1.06. The van der Waals surface area contributed by atoms with E-state index in [4.69, 9.17) is 0 Å². The Morgan fingerprint density at radius 2 is 2.11 bits per heavy atom. The van der Waals surface area contributed by atoms with E-state index in [1.807, 2.05) is 42.3 Å². The molecule has 1 heterocycles. The van der Waals surface area contributed by atoms with Gasteiger partial charge in [0.05, 0.1) is 5.69 Å². The number of hydrogen-bond acceptors (Lipinski definition) is 5. The molecule has 4 nitrogen and oxygen atoms in total. The lowest BCUT2D eigenvalue weighted by Crippen LogP contribution is -2.13. The first-order valence-corrected chi connectivity index (χ1v) is 7.30. The minimum Gasteiger partial charge on any atom is -0.369 e. The van der Waals surface area contributed by atoms with E-state index in [-0.39, 0.29) is 0 Å². The van der Waals surface area contributed by atoms with Crippen LogP contribution in [-0.2, 0) is 0 Å². The lowest BCUT2D eigenvalue weighted by Gasteiger charge is -2.20. The second-order valence-electron chi connectivity index (χ2n) is 3.92. The van der Waals surface area contributed by atoms with Crippen molar-refractivity contribution >= 4 is 45.9 Å². The molecule has 0 aliphatic heterocycles. The first-order chi connectivity index (χ1) is 9.22. The van der Waals surface area contributed by atoms with Gasteiger partial charge in [0.1, 0.15) is 18.0 Å². The minimum atomic E-state index is 0.763. The van der Waals surface area contributed by atoms with Crippen molar-refractivity contribution in [3.8, 4) is 0 Å². The van der Waals surface area contributed by atoms with Crippen LogP contribution in [0.25, 0.3) is 0 Å². The Hall–Kier alpha value is -1.27. The molecule has 6 heteroatoms. The van der Waals surface area contributed by atoms with Crippen LogP contribution in [0.1, 0.15) is 0 Å². The molecule has 1 N–H and O–H groups in total. The van der Waals surface area contributed by atoms with Crippen LogP contribution in [0.3, 0.4) is 0 Å². The maximum absolute atomic E-state index is 4.30. The number of para-hydroxylation sites is 1. The molecule has 2 rings (SSSR count). The Kier molecular flexibility index (Phi) is 5.04. The van der Waals surface area contributed by atoms with E-state index in [1.165, 1.54) is 0 Å². The molecule has 2 aromatic rings. The second kappa shape index (κ2) is 6.77. The van der Waals surface area contributed by atoms with Crippen molar-refractivity contribution < 1.29 is 0 Å². The van der Waals surface area contributed by atoms with E-state index in [0.29, 0.717) is 0 Å². The van der Waals surface area contributed by atoms with Crippen LogP contribution in [-0.4, -0.2) is 29.3 Å². The molecular weight excluding hydrogens is 324 g/mol. The van der Waals surface area contributed by atoms with Crippen LogP contribution in [0.5, 0.6) is 0 Å². The summed E-state index contributed by atoms with van der Waals surface area (Å²) < 4.78 is 1.03. The fourth-order valence-electron chi connectivity index (χ4n) is 1.66. The first kappa shape index (κ1) is 14.1. The maximum atomic E-state index is 4.30. The lowest BCUT2D eigenvalue weighted by atomic mass is 10.3. The SMILES string of the molecule is CN(c1cc(NCCS)ncn1)c1ccccc1Br. The smallest absolute Gasteiger partial charge is 0.138 e. The molecule has 0 aliphatic rings. The molecule has 1 aromatic carbocycles. The first-order valence-electron chi connectivity index (χ1n) is 5.87. The van der Waals surface area contributed by atoms with Crippen molar-refractivity contribution in [3.05, 3.63) is 41.1 Å². The quantitative estimate of drug-likeness (QED) is 0.820. The van der Waals surface area contributed by atoms with Crippen molar-refractivity contribution in [2.24, 2.45) is 0 Å². The molecular formula is C13H15BrN4S. The Balaban J connectivity index is 2.24. The number of rotatable bonds is 5. The van der Waals surface area contributed by atoms with Gasteiger partial charge in [-0.15, -0.1) is 0 Å². The number of aromatic nitrogens is 2. The van der Waals surface area contributed by atoms with Crippen molar-refractivity contribution in [1.29, 1.82) is 0 Å². The van der Waals surface area contributed by atoms with Gasteiger partial charge in [-0.3, -0.25) is 0 Å². The molecule has 0 amide bonds. The van der Waals surface area contributed by atoms with Gasteiger partial charge in [0.25, 0.3) is 0 Å². The van der Waals surface area contributed by atoms with Gasteiger partial charge in [-0.25, -0.2) is 9.97 Å². The topological polar surface area (TPSA) is 41.0 Å². The molecule has 0 fully saturated rings. The zero-order chi connectivity index (χ0) is 13.7. The van der Waals surface area contributed by atoms with Gasteiger partial charge in [-0.2, -0.15) is 12.6 Å². The maximum Gasteiger partial charge on any atom is 0.138 e. The van der Waals surface area contributed by atoms with Crippen LogP contribution in [0.15, 0.2) is 41.1 Å². The Morgan fingerprint density at radius 3 is 2.84 bits per heavy atom. The van der Waals surface area contributed by atoms with E-state index in [9.17, 15) is 0 Å². The third-order valence-corrected chi connectivity index (χ3v) is 3.52. The third-order valence-electron chi connectivity index (χ3n) is 2.63. The average Bonchev–Trinajstić information content (AvgIpc) is 2.45. The highest BCUT2D eigenvalue weighted by Gasteiger charge is 2.09. The van der Waals surface area contributed by atoms with Gasteiger partial charge in [0, 0.05) is 29.9 Å². The van der Waals surface area contributed by atoms with E-state index in [1.54, 1.807) is 6.33 Å². The molecule has 100 valence electrons. The molecule has 0 bridgehead atoms. The number of nitrogens with one attached hydrogen (secondary N) is 1. The molecule has 0 spiro atoms. The fourth-order valence-corrected chi connectivity index (χ4v) is 2.32. The van der Waals surface area contributed by atoms with Gasteiger partial charge < -0.3 is 10.2 Å². The summed E-state index contributed by atoms with van der Waals surface area (Å²) in [4.78, 5) is 10.5. The average molecular weight is 339 g/mol. The molecule has 0 saturated carbocycles. The number of anilines is 3. The van der Waals surface area contributed by atoms with Gasteiger partial charge in [-0.05, 0) is 28.1 Å². The van der Waals surface area contributed by atoms with Crippen molar-refractivity contribution in [2.45, 2.75) is 0 Å². The number of hydrogen-bond donors (Lipinski definition) is 2. The Bertz CT molecular complexity index is 550. The van der Waals surface area contributed by atoms with E-state index < -0.39 is 0 Å². The predicted octanol–water partition coefficient (Wildman–Crippen LogP) is 3.35. The van der Waals surface area contributed by atoms with Crippen LogP contribution in [0.2, 0.25) is 0 Å². The lowest BCUT2D eigenvalue weighted by molar-refractivity contribution is 1.06.